The van der Waals surface area contributed by atoms with E-state index >= 15 is 0 Å². The Balaban J connectivity index is 1.20. The molecule has 2 amide bonds. The molecule has 1 aliphatic carbocycles. The average molecular weight is 428 g/mol. The number of hydrogen-bond acceptors (Lipinski definition) is 2. The monoisotopic (exact) mass is 427 g/mol. The minimum absolute atomic E-state index is 0.0477. The van der Waals surface area contributed by atoms with E-state index in [1.807, 2.05) is 41.3 Å². The quantitative estimate of drug-likeness (QED) is 0.550. The van der Waals surface area contributed by atoms with Crippen LogP contribution in [-0.2, 0) is 9.59 Å². The van der Waals surface area contributed by atoms with E-state index in [2.05, 4.69) is 40.7 Å². The number of allylic oxidation sites excluding steroid dienone is 2. The first-order valence-corrected chi connectivity index (χ1v) is 11.6. The number of likely N-dealkylation sites (tertiary alicyclic amines) is 1. The fraction of sp³-hybridized carbons (Fsp3) is 0.333. The third-order valence-electron chi connectivity index (χ3n) is 6.77. The fourth-order valence-corrected chi connectivity index (χ4v) is 4.88. The second kappa shape index (κ2) is 9.03. The van der Waals surface area contributed by atoms with Crippen LogP contribution >= 0.6 is 0 Å². The lowest BCUT2D eigenvalue weighted by Crippen LogP contribution is -2.44. The zero-order chi connectivity index (χ0) is 21.9. The number of aromatic nitrogens is 1. The van der Waals surface area contributed by atoms with Crippen LogP contribution in [0.15, 0.2) is 66.7 Å². The van der Waals surface area contributed by atoms with E-state index < -0.39 is 0 Å². The van der Waals surface area contributed by atoms with Gasteiger partial charge >= 0.3 is 0 Å². The molecule has 1 saturated heterocycles. The first-order valence-electron chi connectivity index (χ1n) is 11.6. The zero-order valence-corrected chi connectivity index (χ0v) is 18.2. The summed E-state index contributed by atoms with van der Waals surface area (Å²) in [4.78, 5) is 31.1. The number of para-hydroxylation sites is 1. The van der Waals surface area contributed by atoms with Crippen LogP contribution in [0.5, 0.6) is 0 Å². The lowest BCUT2D eigenvalue weighted by atomic mass is 9.90. The number of carbonyl (C=O) groups excluding carboxylic acids is 2. The van der Waals surface area contributed by atoms with Gasteiger partial charge in [-0.3, -0.25) is 9.59 Å². The summed E-state index contributed by atoms with van der Waals surface area (Å²) in [5, 5.41) is 4.27. The molecule has 1 fully saturated rings. The number of aromatic amines is 1. The maximum absolute atomic E-state index is 12.9. The molecular weight excluding hydrogens is 398 g/mol. The molecule has 0 spiro atoms. The van der Waals surface area contributed by atoms with Crippen LogP contribution in [0.3, 0.4) is 0 Å². The molecule has 0 bridgehead atoms. The van der Waals surface area contributed by atoms with Crippen LogP contribution in [-0.4, -0.2) is 34.8 Å². The molecule has 2 N–H and O–H groups in total. The predicted molar refractivity (Wildman–Crippen MR) is 128 cm³/mol. The molecule has 32 heavy (non-hydrogen) atoms. The van der Waals surface area contributed by atoms with E-state index in [-0.39, 0.29) is 23.7 Å². The molecule has 1 atom stereocenters. The second-order valence-electron chi connectivity index (χ2n) is 8.92. The van der Waals surface area contributed by atoms with Crippen molar-refractivity contribution in [2.75, 3.05) is 18.4 Å². The van der Waals surface area contributed by atoms with Gasteiger partial charge in [0, 0.05) is 52.8 Å². The zero-order valence-electron chi connectivity index (χ0n) is 18.2. The molecule has 1 aliphatic heterocycles. The standard InChI is InChI=1S/C27H29N3O2/c31-26(19-13-15-30(16-14-19)27(32)20-7-2-1-3-8-20)28-23-11-6-10-21(17-23)25-18-22-9-4-5-12-24(22)29-25/h1-2,4-6,9-12,17-20,29H,3,7-8,13-16H2,(H,28,31)/t20-/m0/s1. The largest absolute Gasteiger partial charge is 0.355 e. The van der Waals surface area contributed by atoms with E-state index in [9.17, 15) is 9.59 Å². The van der Waals surface area contributed by atoms with E-state index in [1.54, 1.807) is 0 Å². The number of benzene rings is 2. The SMILES string of the molecule is O=C(Nc1cccc(-c2cc3ccccc3[nH]2)c1)C1CCN(C(=O)[C@H]2CC=CCC2)CC1. The lowest BCUT2D eigenvalue weighted by molar-refractivity contribution is -0.138. The summed E-state index contributed by atoms with van der Waals surface area (Å²) in [7, 11) is 0. The van der Waals surface area contributed by atoms with Crippen LogP contribution in [0.1, 0.15) is 32.1 Å². The first-order chi connectivity index (χ1) is 15.7. The molecule has 2 heterocycles. The normalized spacial score (nSPS) is 19.2. The van der Waals surface area contributed by atoms with Gasteiger partial charge in [0.15, 0.2) is 0 Å². The maximum Gasteiger partial charge on any atom is 0.227 e. The van der Waals surface area contributed by atoms with Crippen LogP contribution in [0, 0.1) is 11.8 Å². The van der Waals surface area contributed by atoms with Crippen molar-refractivity contribution in [3.05, 3.63) is 66.7 Å². The van der Waals surface area contributed by atoms with Gasteiger partial charge in [-0.1, -0.05) is 42.5 Å². The van der Waals surface area contributed by atoms with Crippen molar-refractivity contribution in [2.24, 2.45) is 11.8 Å². The van der Waals surface area contributed by atoms with Crippen molar-refractivity contribution in [3.8, 4) is 11.3 Å². The predicted octanol–water partition coefficient (Wildman–Crippen LogP) is 5.37. The summed E-state index contributed by atoms with van der Waals surface area (Å²) in [5.41, 5.74) is 3.98. The molecule has 5 rings (SSSR count). The van der Waals surface area contributed by atoms with Crippen molar-refractivity contribution >= 4 is 28.4 Å². The Morgan fingerprint density at radius 2 is 1.75 bits per heavy atom. The van der Waals surface area contributed by atoms with E-state index in [1.165, 1.54) is 5.39 Å². The van der Waals surface area contributed by atoms with E-state index in [4.69, 9.17) is 0 Å². The van der Waals surface area contributed by atoms with Crippen molar-refractivity contribution in [3.63, 3.8) is 0 Å². The lowest BCUT2D eigenvalue weighted by Gasteiger charge is -2.34. The highest BCUT2D eigenvalue weighted by atomic mass is 16.2. The molecular formula is C27H29N3O2. The highest BCUT2D eigenvalue weighted by molar-refractivity contribution is 5.94. The molecule has 0 saturated carbocycles. The highest BCUT2D eigenvalue weighted by Gasteiger charge is 2.30. The second-order valence-corrected chi connectivity index (χ2v) is 8.92. The van der Waals surface area contributed by atoms with Crippen molar-refractivity contribution in [1.82, 2.24) is 9.88 Å². The number of hydrogen-bond donors (Lipinski definition) is 2. The Labute approximate surface area is 188 Å². The average Bonchev–Trinajstić information content (AvgIpc) is 3.29. The van der Waals surface area contributed by atoms with Gasteiger partial charge in [-0.25, -0.2) is 0 Å². The van der Waals surface area contributed by atoms with E-state index in [0.29, 0.717) is 13.1 Å². The Hall–Kier alpha value is -3.34. The Morgan fingerprint density at radius 1 is 0.906 bits per heavy atom. The molecule has 0 radical (unpaired) electrons. The Bertz CT molecular complexity index is 1120. The summed E-state index contributed by atoms with van der Waals surface area (Å²) in [6.07, 6.45) is 8.52. The number of piperidine rings is 1. The number of anilines is 1. The van der Waals surface area contributed by atoms with Crippen molar-refractivity contribution in [2.45, 2.75) is 32.1 Å². The number of nitrogens with zero attached hydrogens (tertiary/aromatic N) is 1. The fourth-order valence-electron chi connectivity index (χ4n) is 4.88. The highest BCUT2D eigenvalue weighted by Crippen LogP contribution is 2.28. The van der Waals surface area contributed by atoms with Gasteiger partial charge in [-0.05, 0) is 56.4 Å². The number of carbonyl (C=O) groups is 2. The summed E-state index contributed by atoms with van der Waals surface area (Å²) >= 11 is 0. The third-order valence-corrected chi connectivity index (χ3v) is 6.77. The van der Waals surface area contributed by atoms with Gasteiger partial charge in [0.2, 0.25) is 11.8 Å². The number of amides is 2. The van der Waals surface area contributed by atoms with Gasteiger partial charge in [-0.2, -0.15) is 0 Å². The first kappa shape index (κ1) is 20.6. The van der Waals surface area contributed by atoms with Crippen LogP contribution in [0.4, 0.5) is 5.69 Å². The molecule has 3 aromatic rings. The van der Waals surface area contributed by atoms with Gasteiger partial charge in [0.1, 0.15) is 0 Å². The van der Waals surface area contributed by atoms with Gasteiger partial charge < -0.3 is 15.2 Å². The molecule has 2 aliphatic rings. The Morgan fingerprint density at radius 3 is 2.53 bits per heavy atom. The Kier molecular flexibility index (Phi) is 5.80. The summed E-state index contributed by atoms with van der Waals surface area (Å²) in [5.74, 6) is 0.380. The molecule has 5 heteroatoms. The van der Waals surface area contributed by atoms with Gasteiger partial charge in [0.25, 0.3) is 0 Å². The number of H-pyrrole nitrogens is 1. The maximum atomic E-state index is 12.9. The molecule has 5 nitrogen and oxygen atoms in total. The van der Waals surface area contributed by atoms with Gasteiger partial charge in [0.05, 0.1) is 0 Å². The number of rotatable bonds is 4. The topological polar surface area (TPSA) is 65.2 Å². The number of nitrogens with one attached hydrogen (secondary N) is 2. The van der Waals surface area contributed by atoms with Crippen LogP contribution < -0.4 is 5.32 Å². The summed E-state index contributed by atoms with van der Waals surface area (Å²) in [6.45, 7) is 1.35. The molecule has 0 unspecified atom stereocenters. The summed E-state index contributed by atoms with van der Waals surface area (Å²) in [6, 6.07) is 18.3. The van der Waals surface area contributed by atoms with Crippen molar-refractivity contribution < 1.29 is 9.59 Å². The minimum Gasteiger partial charge on any atom is -0.355 e. The third kappa shape index (κ3) is 4.33. The van der Waals surface area contributed by atoms with Crippen LogP contribution in [0.25, 0.3) is 22.2 Å². The molecule has 164 valence electrons. The number of fused-ring (bicyclic) bond motifs is 1. The summed E-state index contributed by atoms with van der Waals surface area (Å²) < 4.78 is 0. The minimum atomic E-state index is -0.0537. The smallest absolute Gasteiger partial charge is 0.227 e. The molecule has 1 aromatic heterocycles. The van der Waals surface area contributed by atoms with E-state index in [0.717, 1.165) is 54.6 Å². The molecule has 2 aromatic carbocycles. The van der Waals surface area contributed by atoms with Crippen LogP contribution in [0.2, 0.25) is 0 Å². The van der Waals surface area contributed by atoms with Crippen molar-refractivity contribution in [1.29, 1.82) is 0 Å². The van der Waals surface area contributed by atoms with Gasteiger partial charge in [-0.15, -0.1) is 0 Å².